The van der Waals surface area contributed by atoms with E-state index in [1.165, 1.54) is 6.42 Å². The van der Waals surface area contributed by atoms with Crippen LogP contribution in [0.5, 0.6) is 0 Å². The molecule has 18 heavy (non-hydrogen) atoms. The van der Waals surface area contributed by atoms with Crippen molar-refractivity contribution in [2.45, 2.75) is 51.1 Å². The normalized spacial score (nSPS) is 38.4. The lowest BCUT2D eigenvalue weighted by Gasteiger charge is -2.35. The summed E-state index contributed by atoms with van der Waals surface area (Å²) >= 11 is 0. The summed E-state index contributed by atoms with van der Waals surface area (Å²) in [6, 6.07) is 0.549. The van der Waals surface area contributed by atoms with Crippen molar-refractivity contribution in [1.82, 2.24) is 10.2 Å². The Morgan fingerprint density at radius 2 is 2.11 bits per heavy atom. The number of carbonyl (C=O) groups excluding carboxylic acids is 1. The maximum Gasteiger partial charge on any atom is 0.223 e. The van der Waals surface area contributed by atoms with Gasteiger partial charge in [-0.1, -0.05) is 6.92 Å². The number of amides is 1. The quantitative estimate of drug-likeness (QED) is 0.770. The highest BCUT2D eigenvalue weighted by molar-refractivity contribution is 5.79. The number of nitrogens with two attached hydrogens (primary N) is 1. The van der Waals surface area contributed by atoms with Gasteiger partial charge in [0.25, 0.3) is 0 Å². The Morgan fingerprint density at radius 3 is 2.83 bits per heavy atom. The van der Waals surface area contributed by atoms with Crippen molar-refractivity contribution in [1.29, 1.82) is 0 Å². The summed E-state index contributed by atoms with van der Waals surface area (Å²) in [5, 5.41) is 3.23. The van der Waals surface area contributed by atoms with E-state index in [0.29, 0.717) is 12.0 Å². The summed E-state index contributed by atoms with van der Waals surface area (Å²) in [4.78, 5) is 14.6. The number of carbonyl (C=O) groups is 1. The molecule has 1 aliphatic carbocycles. The lowest BCUT2D eigenvalue weighted by Crippen LogP contribution is -2.50. The third-order valence-corrected chi connectivity index (χ3v) is 4.54. The molecule has 1 heterocycles. The number of hydrogen-bond acceptors (Lipinski definition) is 3. The van der Waals surface area contributed by atoms with Crippen molar-refractivity contribution in [2.24, 2.45) is 17.6 Å². The van der Waals surface area contributed by atoms with Crippen LogP contribution in [0.4, 0.5) is 0 Å². The maximum absolute atomic E-state index is 12.3. The molecule has 0 bridgehead atoms. The van der Waals surface area contributed by atoms with Gasteiger partial charge in [0.05, 0.1) is 0 Å². The predicted octanol–water partition coefficient (Wildman–Crippen LogP) is 0.960. The second kappa shape index (κ2) is 6.02. The molecule has 2 rings (SSSR count). The topological polar surface area (TPSA) is 58.4 Å². The van der Waals surface area contributed by atoms with Crippen molar-refractivity contribution < 1.29 is 4.79 Å². The molecule has 104 valence electrons. The van der Waals surface area contributed by atoms with Crippen LogP contribution in [0.25, 0.3) is 0 Å². The van der Waals surface area contributed by atoms with Gasteiger partial charge in [-0.05, 0) is 51.6 Å². The van der Waals surface area contributed by atoms with Crippen LogP contribution in [0.1, 0.15) is 39.0 Å². The number of hydrogen-bond donors (Lipinski definition) is 2. The fourth-order valence-corrected chi connectivity index (χ4v) is 3.31. The molecule has 4 nitrogen and oxygen atoms in total. The van der Waals surface area contributed by atoms with Crippen molar-refractivity contribution in [2.75, 3.05) is 20.1 Å². The maximum atomic E-state index is 12.3. The van der Waals surface area contributed by atoms with Gasteiger partial charge in [0.2, 0.25) is 5.91 Å². The lowest BCUT2D eigenvalue weighted by atomic mass is 9.77. The van der Waals surface area contributed by atoms with Crippen molar-refractivity contribution >= 4 is 5.91 Å². The number of likely N-dealkylation sites (tertiary alicyclic amines) is 1. The van der Waals surface area contributed by atoms with E-state index in [1.807, 2.05) is 0 Å². The average Bonchev–Trinajstić information content (AvgIpc) is 2.32. The molecule has 0 radical (unpaired) electrons. The minimum atomic E-state index is 0.126. The number of nitrogens with one attached hydrogen (secondary N) is 1. The first-order valence-electron chi connectivity index (χ1n) is 7.30. The van der Waals surface area contributed by atoms with Gasteiger partial charge in [-0.3, -0.25) is 4.79 Å². The molecule has 1 amide bonds. The van der Waals surface area contributed by atoms with Crippen LogP contribution in [-0.4, -0.2) is 43.0 Å². The molecule has 0 spiro atoms. The van der Waals surface area contributed by atoms with Gasteiger partial charge in [-0.2, -0.15) is 0 Å². The van der Waals surface area contributed by atoms with E-state index in [4.69, 9.17) is 5.73 Å². The third-order valence-electron chi connectivity index (χ3n) is 4.54. The minimum Gasteiger partial charge on any atom is -0.352 e. The van der Waals surface area contributed by atoms with Gasteiger partial charge < -0.3 is 16.0 Å². The predicted molar refractivity (Wildman–Crippen MR) is 73.1 cm³/mol. The summed E-state index contributed by atoms with van der Waals surface area (Å²) in [5.74, 6) is 0.838. The summed E-state index contributed by atoms with van der Waals surface area (Å²) in [7, 11) is 2.12. The van der Waals surface area contributed by atoms with E-state index < -0.39 is 0 Å². The Hall–Kier alpha value is -0.610. The van der Waals surface area contributed by atoms with E-state index in [9.17, 15) is 4.79 Å². The lowest BCUT2D eigenvalue weighted by molar-refractivity contribution is -0.128. The first-order chi connectivity index (χ1) is 8.56. The van der Waals surface area contributed by atoms with Crippen molar-refractivity contribution in [3.63, 3.8) is 0 Å². The molecule has 1 saturated heterocycles. The van der Waals surface area contributed by atoms with Gasteiger partial charge in [-0.25, -0.2) is 0 Å². The fourth-order valence-electron chi connectivity index (χ4n) is 3.31. The van der Waals surface area contributed by atoms with Crippen LogP contribution in [0, 0.1) is 11.8 Å². The standard InChI is InChI=1S/C14H27N3O/c1-10-5-6-11(15)8-13(10)14(18)16-12-4-3-7-17(2)9-12/h10-13H,3-9,15H2,1-2H3,(H,16,18). The Morgan fingerprint density at radius 1 is 1.33 bits per heavy atom. The molecule has 2 fully saturated rings. The Labute approximate surface area is 110 Å². The molecule has 1 aliphatic heterocycles. The molecule has 2 aliphatic rings. The molecule has 4 unspecified atom stereocenters. The SMILES string of the molecule is CC1CCC(N)CC1C(=O)NC1CCCN(C)C1. The summed E-state index contributed by atoms with van der Waals surface area (Å²) in [5.41, 5.74) is 5.99. The van der Waals surface area contributed by atoms with Crippen LogP contribution in [0.2, 0.25) is 0 Å². The Balaban J connectivity index is 1.86. The number of piperidine rings is 1. The average molecular weight is 253 g/mol. The van der Waals surface area contributed by atoms with Gasteiger partial charge in [0, 0.05) is 24.5 Å². The van der Waals surface area contributed by atoms with Gasteiger partial charge in [0.1, 0.15) is 0 Å². The molecule has 3 N–H and O–H groups in total. The molecule has 4 heteroatoms. The van der Waals surface area contributed by atoms with Gasteiger partial charge in [-0.15, -0.1) is 0 Å². The monoisotopic (exact) mass is 253 g/mol. The zero-order chi connectivity index (χ0) is 13.1. The zero-order valence-electron chi connectivity index (χ0n) is 11.7. The fraction of sp³-hybridized carbons (Fsp3) is 0.929. The van der Waals surface area contributed by atoms with E-state index in [2.05, 4.69) is 24.2 Å². The molecule has 0 aromatic heterocycles. The van der Waals surface area contributed by atoms with Crippen LogP contribution in [0.15, 0.2) is 0 Å². The highest BCUT2D eigenvalue weighted by atomic mass is 16.2. The van der Waals surface area contributed by atoms with Crippen LogP contribution < -0.4 is 11.1 Å². The second-order valence-electron chi connectivity index (χ2n) is 6.27. The Bertz CT molecular complexity index is 295. The van der Waals surface area contributed by atoms with E-state index in [0.717, 1.165) is 38.8 Å². The smallest absolute Gasteiger partial charge is 0.223 e. The number of nitrogens with zero attached hydrogens (tertiary/aromatic N) is 1. The van der Waals surface area contributed by atoms with Crippen LogP contribution >= 0.6 is 0 Å². The first kappa shape index (κ1) is 13.8. The molecule has 0 aromatic carbocycles. The third kappa shape index (κ3) is 3.45. The van der Waals surface area contributed by atoms with Crippen LogP contribution in [-0.2, 0) is 4.79 Å². The van der Waals surface area contributed by atoms with Crippen molar-refractivity contribution in [3.8, 4) is 0 Å². The minimum absolute atomic E-state index is 0.126. The highest BCUT2D eigenvalue weighted by Crippen LogP contribution is 2.29. The Kier molecular flexibility index (Phi) is 4.62. The number of likely N-dealkylation sites (N-methyl/N-ethyl adjacent to an activating group) is 1. The van der Waals surface area contributed by atoms with E-state index in [1.54, 1.807) is 0 Å². The largest absolute Gasteiger partial charge is 0.352 e. The molecule has 4 atom stereocenters. The molecule has 0 aromatic rings. The highest BCUT2D eigenvalue weighted by Gasteiger charge is 2.32. The van der Waals surface area contributed by atoms with Crippen molar-refractivity contribution in [3.05, 3.63) is 0 Å². The first-order valence-corrected chi connectivity index (χ1v) is 7.30. The van der Waals surface area contributed by atoms with Gasteiger partial charge >= 0.3 is 0 Å². The van der Waals surface area contributed by atoms with E-state index >= 15 is 0 Å². The molecular formula is C14H27N3O. The molecular weight excluding hydrogens is 226 g/mol. The van der Waals surface area contributed by atoms with E-state index in [-0.39, 0.29) is 17.9 Å². The molecule has 1 saturated carbocycles. The summed E-state index contributed by atoms with van der Waals surface area (Å²) in [6.45, 7) is 4.32. The summed E-state index contributed by atoms with van der Waals surface area (Å²) < 4.78 is 0. The zero-order valence-corrected chi connectivity index (χ0v) is 11.7. The van der Waals surface area contributed by atoms with Crippen LogP contribution in [0.3, 0.4) is 0 Å². The van der Waals surface area contributed by atoms with Gasteiger partial charge in [0.15, 0.2) is 0 Å². The summed E-state index contributed by atoms with van der Waals surface area (Å²) in [6.07, 6.45) is 5.31. The second-order valence-corrected chi connectivity index (χ2v) is 6.27. The number of rotatable bonds is 2.